The molecule has 0 spiro atoms. The van der Waals surface area contributed by atoms with Crippen LogP contribution in [-0.4, -0.2) is 53.5 Å². The van der Waals surface area contributed by atoms with Crippen LogP contribution >= 0.6 is 21.6 Å². The molecule has 0 aromatic carbocycles. The van der Waals surface area contributed by atoms with Gasteiger partial charge in [-0.15, -0.1) is 0 Å². The van der Waals surface area contributed by atoms with Crippen molar-refractivity contribution in [3.8, 4) is 0 Å². The number of carbonyl (C=O) groups excluding carboxylic acids is 3. The fraction of sp³-hybridized carbons (Fsp3) is 0.750. The molecule has 5 atom stereocenters. The lowest BCUT2D eigenvalue weighted by Gasteiger charge is -2.46. The molecular formula is C12H16O7S2. The SMILES string of the molecule is CC(=O)OC1C(OC(C)=O)[C@H]2OC(CSS2)[C@H]1OC(C)=O. The zero-order valence-electron chi connectivity index (χ0n) is 11.8. The van der Waals surface area contributed by atoms with Gasteiger partial charge in [0.15, 0.2) is 23.7 Å². The number of fused-ring (bicyclic) bond motifs is 2. The molecule has 118 valence electrons. The van der Waals surface area contributed by atoms with E-state index in [0.29, 0.717) is 5.75 Å². The molecular weight excluding hydrogens is 320 g/mol. The Morgan fingerprint density at radius 2 is 1.43 bits per heavy atom. The third kappa shape index (κ3) is 4.04. The maximum Gasteiger partial charge on any atom is 0.303 e. The largest absolute Gasteiger partial charge is 0.456 e. The van der Waals surface area contributed by atoms with Crippen LogP contribution in [0.3, 0.4) is 0 Å². The third-order valence-corrected chi connectivity index (χ3v) is 5.45. The van der Waals surface area contributed by atoms with Crippen LogP contribution in [0.25, 0.3) is 0 Å². The molecule has 2 saturated heterocycles. The summed E-state index contributed by atoms with van der Waals surface area (Å²) < 4.78 is 21.5. The summed E-state index contributed by atoms with van der Waals surface area (Å²) in [4.78, 5) is 33.9. The van der Waals surface area contributed by atoms with E-state index < -0.39 is 47.8 Å². The van der Waals surface area contributed by atoms with Crippen LogP contribution in [0, 0.1) is 0 Å². The first-order valence-electron chi connectivity index (χ1n) is 6.34. The van der Waals surface area contributed by atoms with Crippen molar-refractivity contribution in [3.63, 3.8) is 0 Å². The van der Waals surface area contributed by atoms with Crippen molar-refractivity contribution in [1.82, 2.24) is 0 Å². The molecule has 2 bridgehead atoms. The molecule has 0 aromatic rings. The van der Waals surface area contributed by atoms with Gasteiger partial charge in [-0.1, -0.05) is 21.6 Å². The average molecular weight is 336 g/mol. The molecule has 0 N–H and O–H groups in total. The predicted octanol–water partition coefficient (Wildman–Crippen LogP) is 0.901. The first kappa shape index (κ1) is 16.4. The summed E-state index contributed by atoms with van der Waals surface area (Å²) in [6.07, 6.45) is -2.88. The van der Waals surface area contributed by atoms with Gasteiger partial charge in [0.05, 0.1) is 0 Å². The van der Waals surface area contributed by atoms with Crippen molar-refractivity contribution in [3.05, 3.63) is 0 Å². The monoisotopic (exact) mass is 336 g/mol. The Balaban J connectivity index is 2.27. The molecule has 0 aromatic heterocycles. The van der Waals surface area contributed by atoms with Crippen molar-refractivity contribution in [2.45, 2.75) is 50.6 Å². The molecule has 9 heteroatoms. The van der Waals surface area contributed by atoms with Gasteiger partial charge in [0, 0.05) is 26.5 Å². The molecule has 0 aliphatic carbocycles. The van der Waals surface area contributed by atoms with Crippen molar-refractivity contribution in [1.29, 1.82) is 0 Å². The molecule has 2 rings (SSSR count). The Kier molecular flexibility index (Phi) is 5.39. The van der Waals surface area contributed by atoms with Gasteiger partial charge >= 0.3 is 17.9 Å². The van der Waals surface area contributed by atoms with Crippen molar-refractivity contribution in [2.75, 3.05) is 5.75 Å². The highest BCUT2D eigenvalue weighted by atomic mass is 33.1. The number of hydrogen-bond acceptors (Lipinski definition) is 9. The normalized spacial score (nSPS) is 34.7. The summed E-state index contributed by atoms with van der Waals surface area (Å²) in [5.41, 5.74) is -0.464. The zero-order valence-corrected chi connectivity index (χ0v) is 13.4. The van der Waals surface area contributed by atoms with E-state index in [-0.39, 0.29) is 0 Å². The van der Waals surface area contributed by atoms with Crippen LogP contribution in [-0.2, 0) is 33.3 Å². The summed E-state index contributed by atoms with van der Waals surface area (Å²) in [7, 11) is 2.94. The first-order chi connectivity index (χ1) is 9.88. The molecule has 0 saturated carbocycles. The molecule has 7 nitrogen and oxygen atoms in total. The van der Waals surface area contributed by atoms with Gasteiger partial charge in [-0.05, 0) is 0 Å². The molecule has 2 fully saturated rings. The van der Waals surface area contributed by atoms with Crippen molar-refractivity contribution in [2.24, 2.45) is 0 Å². The highest BCUT2D eigenvalue weighted by Gasteiger charge is 2.53. The van der Waals surface area contributed by atoms with Gasteiger partial charge in [-0.2, -0.15) is 0 Å². The van der Waals surface area contributed by atoms with E-state index in [9.17, 15) is 14.4 Å². The van der Waals surface area contributed by atoms with Gasteiger partial charge in [0.25, 0.3) is 0 Å². The summed E-state index contributed by atoms with van der Waals surface area (Å²) in [6.45, 7) is 3.78. The fourth-order valence-corrected chi connectivity index (χ4v) is 4.87. The van der Waals surface area contributed by atoms with Crippen LogP contribution in [0.15, 0.2) is 0 Å². The molecule has 21 heavy (non-hydrogen) atoms. The van der Waals surface area contributed by atoms with E-state index in [1.54, 1.807) is 0 Å². The molecule has 2 aliphatic heterocycles. The molecule has 0 amide bonds. The number of ether oxygens (including phenoxy) is 4. The Labute approximate surface area is 129 Å². The number of carbonyl (C=O) groups is 3. The standard InChI is InChI=1S/C12H16O7S2/c1-5(13)16-9-8-4-20-21-12(19-8)11(18-7(3)15)10(9)17-6(2)14/h8-12H,4H2,1-3H3/t8?,9-,10?,11?,12+/m1/s1. The minimum absolute atomic E-state index is 0.402. The maximum absolute atomic E-state index is 11.3. The van der Waals surface area contributed by atoms with Crippen LogP contribution in [0.4, 0.5) is 0 Å². The van der Waals surface area contributed by atoms with Gasteiger partial charge < -0.3 is 18.9 Å². The van der Waals surface area contributed by atoms with E-state index in [1.165, 1.54) is 42.4 Å². The van der Waals surface area contributed by atoms with E-state index in [4.69, 9.17) is 18.9 Å². The molecule has 3 unspecified atom stereocenters. The van der Waals surface area contributed by atoms with Crippen LogP contribution in [0.1, 0.15) is 20.8 Å². The number of rotatable bonds is 3. The fourth-order valence-electron chi connectivity index (χ4n) is 2.24. The maximum atomic E-state index is 11.3. The summed E-state index contributed by atoms with van der Waals surface area (Å²) >= 11 is 0. The minimum Gasteiger partial charge on any atom is -0.456 e. The lowest BCUT2D eigenvalue weighted by Crippen LogP contribution is -2.62. The second-order valence-electron chi connectivity index (χ2n) is 4.65. The first-order valence-corrected chi connectivity index (χ1v) is 8.72. The predicted molar refractivity (Wildman–Crippen MR) is 75.4 cm³/mol. The average Bonchev–Trinajstić information content (AvgIpc) is 2.38. The van der Waals surface area contributed by atoms with Gasteiger partial charge in [-0.3, -0.25) is 14.4 Å². The Hall–Kier alpha value is -0.930. The Bertz CT molecular complexity index is 411. The third-order valence-electron chi connectivity index (χ3n) is 2.89. The van der Waals surface area contributed by atoms with Crippen LogP contribution < -0.4 is 0 Å². The second kappa shape index (κ2) is 6.89. The summed E-state index contributed by atoms with van der Waals surface area (Å²) in [6, 6.07) is 0. The smallest absolute Gasteiger partial charge is 0.303 e. The van der Waals surface area contributed by atoms with Gasteiger partial charge in [-0.25, -0.2) is 0 Å². The Morgan fingerprint density at radius 1 is 0.905 bits per heavy atom. The van der Waals surface area contributed by atoms with Crippen molar-refractivity contribution < 1.29 is 33.3 Å². The van der Waals surface area contributed by atoms with E-state index in [0.717, 1.165) is 0 Å². The van der Waals surface area contributed by atoms with E-state index >= 15 is 0 Å². The molecule has 2 heterocycles. The zero-order chi connectivity index (χ0) is 15.6. The van der Waals surface area contributed by atoms with Crippen LogP contribution in [0.5, 0.6) is 0 Å². The molecule has 2 aliphatic rings. The second-order valence-corrected chi connectivity index (χ2v) is 7.16. The van der Waals surface area contributed by atoms with Crippen molar-refractivity contribution >= 4 is 39.5 Å². The van der Waals surface area contributed by atoms with Gasteiger partial charge in [0.1, 0.15) is 6.10 Å². The van der Waals surface area contributed by atoms with Crippen LogP contribution in [0.2, 0.25) is 0 Å². The van der Waals surface area contributed by atoms with E-state index in [1.807, 2.05) is 0 Å². The number of hydrogen-bond donors (Lipinski definition) is 0. The Morgan fingerprint density at radius 3 is 2.00 bits per heavy atom. The molecule has 0 radical (unpaired) electrons. The lowest BCUT2D eigenvalue weighted by molar-refractivity contribution is -0.228. The van der Waals surface area contributed by atoms with Gasteiger partial charge in [0.2, 0.25) is 0 Å². The number of esters is 3. The summed E-state index contributed by atoms with van der Waals surface area (Å²) in [5, 5.41) is 0. The minimum atomic E-state index is -0.868. The quantitative estimate of drug-likeness (QED) is 0.424. The van der Waals surface area contributed by atoms with E-state index in [2.05, 4.69) is 0 Å². The highest BCUT2D eigenvalue weighted by molar-refractivity contribution is 8.77. The topological polar surface area (TPSA) is 88.1 Å². The summed E-state index contributed by atoms with van der Waals surface area (Å²) in [5.74, 6) is -0.975. The lowest BCUT2D eigenvalue weighted by atomic mass is 10.00. The highest BCUT2D eigenvalue weighted by Crippen LogP contribution is 2.44.